The summed E-state index contributed by atoms with van der Waals surface area (Å²) in [5.74, 6) is 0.103. The smallest absolute Gasteiger partial charge is 0.251 e. The third kappa shape index (κ3) is 2.97. The first-order valence-corrected chi connectivity index (χ1v) is 4.86. The molecule has 1 aliphatic rings. The monoisotopic (exact) mass is 186 g/mol. The van der Waals surface area contributed by atoms with Crippen LogP contribution in [-0.4, -0.2) is 43.2 Å². The number of hydrogen-bond acceptors (Lipinski definition) is 3. The molecule has 1 amide bonds. The third-order valence-corrected chi connectivity index (χ3v) is 2.25. The van der Waals surface area contributed by atoms with E-state index >= 15 is 0 Å². The molecule has 0 spiro atoms. The van der Waals surface area contributed by atoms with E-state index in [1.165, 1.54) is 0 Å². The number of carbonyl (C=O) groups is 1. The fraction of sp³-hybridized carbons (Fsp3) is 0.889. The Morgan fingerprint density at radius 1 is 1.54 bits per heavy atom. The lowest BCUT2D eigenvalue weighted by molar-refractivity contribution is -0.141. The highest BCUT2D eigenvalue weighted by Crippen LogP contribution is 2.09. The lowest BCUT2D eigenvalue weighted by atomic mass is 10.3. The third-order valence-electron chi connectivity index (χ3n) is 2.25. The summed E-state index contributed by atoms with van der Waals surface area (Å²) in [5.41, 5.74) is 5.28. The molecule has 0 aliphatic carbocycles. The van der Waals surface area contributed by atoms with Crippen LogP contribution in [0.15, 0.2) is 0 Å². The molecule has 0 aromatic heterocycles. The summed E-state index contributed by atoms with van der Waals surface area (Å²) in [6.45, 7) is 4.49. The van der Waals surface area contributed by atoms with Gasteiger partial charge in [-0.1, -0.05) is 0 Å². The summed E-state index contributed by atoms with van der Waals surface area (Å²) in [6, 6.07) is 0. The number of likely N-dealkylation sites (tertiary alicyclic amines) is 1. The van der Waals surface area contributed by atoms with Gasteiger partial charge in [0.05, 0.1) is 6.61 Å². The van der Waals surface area contributed by atoms with Gasteiger partial charge in [-0.05, 0) is 19.8 Å². The number of rotatable bonds is 4. The highest BCUT2D eigenvalue weighted by Gasteiger charge is 2.23. The Morgan fingerprint density at radius 2 is 2.15 bits per heavy atom. The lowest BCUT2D eigenvalue weighted by Crippen LogP contribution is -2.37. The van der Waals surface area contributed by atoms with Gasteiger partial charge in [-0.2, -0.15) is 0 Å². The van der Waals surface area contributed by atoms with Gasteiger partial charge in [0.15, 0.2) is 0 Å². The molecule has 1 heterocycles. The maximum Gasteiger partial charge on any atom is 0.251 e. The number of hydrogen-bond donors (Lipinski definition) is 1. The van der Waals surface area contributed by atoms with Crippen molar-refractivity contribution in [2.45, 2.75) is 25.9 Å². The van der Waals surface area contributed by atoms with Crippen LogP contribution in [0.3, 0.4) is 0 Å². The summed E-state index contributed by atoms with van der Waals surface area (Å²) in [5, 5.41) is 0. The number of amides is 1. The SMILES string of the molecule is CC(OCCN)C(=O)N1CCCC1. The largest absolute Gasteiger partial charge is 0.367 e. The van der Waals surface area contributed by atoms with Crippen molar-refractivity contribution in [3.63, 3.8) is 0 Å². The summed E-state index contributed by atoms with van der Waals surface area (Å²) in [6.07, 6.45) is 1.91. The van der Waals surface area contributed by atoms with E-state index < -0.39 is 0 Å². The second-order valence-corrected chi connectivity index (χ2v) is 3.33. The molecule has 76 valence electrons. The zero-order valence-corrected chi connectivity index (χ0v) is 8.16. The Bertz CT molecular complexity index is 167. The van der Waals surface area contributed by atoms with Gasteiger partial charge in [0, 0.05) is 19.6 Å². The van der Waals surface area contributed by atoms with E-state index in [4.69, 9.17) is 10.5 Å². The van der Waals surface area contributed by atoms with Crippen molar-refractivity contribution in [1.29, 1.82) is 0 Å². The van der Waals surface area contributed by atoms with Crippen LogP contribution < -0.4 is 5.73 Å². The Morgan fingerprint density at radius 3 is 2.69 bits per heavy atom. The lowest BCUT2D eigenvalue weighted by Gasteiger charge is -2.20. The zero-order chi connectivity index (χ0) is 9.68. The van der Waals surface area contributed by atoms with E-state index in [1.54, 1.807) is 6.92 Å². The Labute approximate surface area is 79.0 Å². The van der Waals surface area contributed by atoms with Crippen molar-refractivity contribution >= 4 is 5.91 Å². The first-order valence-electron chi connectivity index (χ1n) is 4.86. The Hall–Kier alpha value is -0.610. The molecule has 1 atom stereocenters. The van der Waals surface area contributed by atoms with Gasteiger partial charge >= 0.3 is 0 Å². The number of nitrogens with two attached hydrogens (primary N) is 1. The maximum absolute atomic E-state index is 11.6. The van der Waals surface area contributed by atoms with Gasteiger partial charge in [0.1, 0.15) is 6.10 Å². The Kier molecular flexibility index (Phi) is 4.18. The van der Waals surface area contributed by atoms with Crippen molar-refractivity contribution in [2.24, 2.45) is 5.73 Å². The molecule has 0 radical (unpaired) electrons. The molecule has 2 N–H and O–H groups in total. The predicted molar refractivity (Wildman–Crippen MR) is 50.3 cm³/mol. The van der Waals surface area contributed by atoms with Gasteiger partial charge in [-0.25, -0.2) is 0 Å². The standard InChI is InChI=1S/C9H18N2O2/c1-8(13-7-4-10)9(12)11-5-2-3-6-11/h8H,2-7,10H2,1H3. The number of carbonyl (C=O) groups excluding carboxylic acids is 1. The van der Waals surface area contributed by atoms with Crippen molar-refractivity contribution in [3.8, 4) is 0 Å². The van der Waals surface area contributed by atoms with Crippen molar-refractivity contribution < 1.29 is 9.53 Å². The van der Waals surface area contributed by atoms with Crippen LogP contribution >= 0.6 is 0 Å². The molecule has 0 aromatic carbocycles. The second kappa shape index (κ2) is 5.19. The van der Waals surface area contributed by atoms with Crippen LogP contribution in [0.5, 0.6) is 0 Å². The van der Waals surface area contributed by atoms with Crippen molar-refractivity contribution in [2.75, 3.05) is 26.2 Å². The molecular weight excluding hydrogens is 168 g/mol. The minimum Gasteiger partial charge on any atom is -0.367 e. The van der Waals surface area contributed by atoms with Crippen LogP contribution in [0, 0.1) is 0 Å². The van der Waals surface area contributed by atoms with Crippen LogP contribution in [0.1, 0.15) is 19.8 Å². The molecule has 0 saturated carbocycles. The fourth-order valence-electron chi connectivity index (χ4n) is 1.51. The molecule has 4 nitrogen and oxygen atoms in total. The van der Waals surface area contributed by atoms with Gasteiger partial charge in [-0.3, -0.25) is 4.79 Å². The quantitative estimate of drug-likeness (QED) is 0.671. The van der Waals surface area contributed by atoms with Crippen LogP contribution in [0.2, 0.25) is 0 Å². The van der Waals surface area contributed by atoms with E-state index in [2.05, 4.69) is 0 Å². The fourth-order valence-corrected chi connectivity index (χ4v) is 1.51. The average molecular weight is 186 g/mol. The van der Waals surface area contributed by atoms with Gasteiger partial charge < -0.3 is 15.4 Å². The molecule has 4 heteroatoms. The molecule has 1 unspecified atom stereocenters. The van der Waals surface area contributed by atoms with Crippen LogP contribution in [0.4, 0.5) is 0 Å². The molecule has 1 rings (SSSR count). The topological polar surface area (TPSA) is 55.6 Å². The Balaban J connectivity index is 2.28. The molecule has 1 aliphatic heterocycles. The summed E-state index contributed by atoms with van der Waals surface area (Å²) in [7, 11) is 0. The first-order chi connectivity index (χ1) is 6.25. The van der Waals surface area contributed by atoms with E-state index in [-0.39, 0.29) is 12.0 Å². The van der Waals surface area contributed by atoms with Crippen molar-refractivity contribution in [1.82, 2.24) is 4.90 Å². The molecule has 13 heavy (non-hydrogen) atoms. The molecule has 1 fully saturated rings. The van der Waals surface area contributed by atoms with Crippen LogP contribution in [0.25, 0.3) is 0 Å². The summed E-state index contributed by atoms with van der Waals surface area (Å²) in [4.78, 5) is 13.5. The predicted octanol–water partition coefficient (Wildman–Crippen LogP) is -0.0274. The highest BCUT2D eigenvalue weighted by atomic mass is 16.5. The normalized spacial score (nSPS) is 19.1. The molecular formula is C9H18N2O2. The minimum atomic E-state index is -0.332. The minimum absolute atomic E-state index is 0.103. The van der Waals surface area contributed by atoms with Gasteiger partial charge in [0.25, 0.3) is 5.91 Å². The van der Waals surface area contributed by atoms with Gasteiger partial charge in [0.2, 0.25) is 0 Å². The van der Waals surface area contributed by atoms with Crippen molar-refractivity contribution in [3.05, 3.63) is 0 Å². The zero-order valence-electron chi connectivity index (χ0n) is 8.16. The number of nitrogens with zero attached hydrogens (tertiary/aromatic N) is 1. The molecule has 0 bridgehead atoms. The maximum atomic E-state index is 11.6. The highest BCUT2D eigenvalue weighted by molar-refractivity contribution is 5.80. The summed E-state index contributed by atoms with van der Waals surface area (Å²) < 4.78 is 5.25. The second-order valence-electron chi connectivity index (χ2n) is 3.33. The molecule has 0 aromatic rings. The first kappa shape index (κ1) is 10.5. The van der Waals surface area contributed by atoms with E-state index in [0.29, 0.717) is 13.2 Å². The van der Waals surface area contributed by atoms with Gasteiger partial charge in [-0.15, -0.1) is 0 Å². The molecule has 1 saturated heterocycles. The number of ether oxygens (including phenoxy) is 1. The van der Waals surface area contributed by atoms with E-state index in [9.17, 15) is 4.79 Å². The van der Waals surface area contributed by atoms with E-state index in [1.807, 2.05) is 4.90 Å². The average Bonchev–Trinajstić information content (AvgIpc) is 2.65. The van der Waals surface area contributed by atoms with Crippen LogP contribution in [-0.2, 0) is 9.53 Å². The van der Waals surface area contributed by atoms with E-state index in [0.717, 1.165) is 25.9 Å². The summed E-state index contributed by atoms with van der Waals surface area (Å²) >= 11 is 0.